The number of alkyl halides is 1. The molecule has 0 fully saturated rings. The lowest BCUT2D eigenvalue weighted by Gasteiger charge is -2.11. The molecule has 0 atom stereocenters. The Labute approximate surface area is 115 Å². The molecule has 94 valence electrons. The van der Waals surface area contributed by atoms with E-state index in [-0.39, 0.29) is 5.82 Å². The Bertz CT molecular complexity index is 566. The second-order valence-corrected chi connectivity index (χ2v) is 4.82. The lowest BCUT2D eigenvalue weighted by atomic mass is 10.1. The van der Waals surface area contributed by atoms with Crippen LogP contribution in [0.5, 0.6) is 11.5 Å². The molecule has 0 saturated carbocycles. The molecule has 0 heterocycles. The van der Waals surface area contributed by atoms with Gasteiger partial charge >= 0.3 is 0 Å². The van der Waals surface area contributed by atoms with Gasteiger partial charge in [-0.1, -0.05) is 33.6 Å². The minimum atomic E-state index is -0.216. The monoisotopic (exact) mass is 308 g/mol. The molecule has 2 aromatic carbocycles. The smallest absolute Gasteiger partial charge is 0.131 e. The van der Waals surface area contributed by atoms with Gasteiger partial charge in [0.2, 0.25) is 0 Å². The molecule has 0 N–H and O–H groups in total. The number of halogens is 2. The van der Waals surface area contributed by atoms with Crippen molar-refractivity contribution >= 4 is 15.9 Å². The highest BCUT2D eigenvalue weighted by Crippen LogP contribution is 2.28. The molecule has 0 bridgehead atoms. The van der Waals surface area contributed by atoms with Crippen LogP contribution in [0.25, 0.3) is 0 Å². The molecule has 0 amide bonds. The SMILES string of the molecule is Cc1ccc(Oc2ccc(F)c(C)c2)c(CBr)c1. The van der Waals surface area contributed by atoms with E-state index < -0.39 is 0 Å². The molecule has 0 radical (unpaired) electrons. The first-order valence-corrected chi connectivity index (χ1v) is 6.82. The van der Waals surface area contributed by atoms with Gasteiger partial charge < -0.3 is 4.74 Å². The Morgan fingerprint density at radius 1 is 1.11 bits per heavy atom. The molecular formula is C15H14BrFO. The van der Waals surface area contributed by atoms with Crippen LogP contribution in [-0.2, 0) is 5.33 Å². The van der Waals surface area contributed by atoms with Crippen LogP contribution >= 0.6 is 15.9 Å². The first-order chi connectivity index (χ1) is 8.60. The van der Waals surface area contributed by atoms with E-state index in [0.29, 0.717) is 11.3 Å². The quantitative estimate of drug-likeness (QED) is 0.714. The maximum absolute atomic E-state index is 13.2. The summed E-state index contributed by atoms with van der Waals surface area (Å²) < 4.78 is 19.0. The van der Waals surface area contributed by atoms with E-state index in [2.05, 4.69) is 22.0 Å². The summed E-state index contributed by atoms with van der Waals surface area (Å²) >= 11 is 3.44. The second kappa shape index (κ2) is 5.53. The molecular weight excluding hydrogens is 295 g/mol. The molecule has 18 heavy (non-hydrogen) atoms. The van der Waals surface area contributed by atoms with Crippen molar-refractivity contribution in [3.8, 4) is 11.5 Å². The summed E-state index contributed by atoms with van der Waals surface area (Å²) in [7, 11) is 0. The van der Waals surface area contributed by atoms with Gasteiger partial charge in [0, 0.05) is 10.9 Å². The highest BCUT2D eigenvalue weighted by molar-refractivity contribution is 9.08. The van der Waals surface area contributed by atoms with Gasteiger partial charge in [0.1, 0.15) is 17.3 Å². The van der Waals surface area contributed by atoms with E-state index >= 15 is 0 Å². The minimum absolute atomic E-state index is 0.216. The Kier molecular flexibility index (Phi) is 4.02. The van der Waals surface area contributed by atoms with E-state index in [0.717, 1.165) is 16.6 Å². The Morgan fingerprint density at radius 3 is 2.56 bits per heavy atom. The molecule has 0 unspecified atom stereocenters. The molecule has 0 aliphatic rings. The topological polar surface area (TPSA) is 9.23 Å². The molecule has 2 aromatic rings. The van der Waals surface area contributed by atoms with Gasteiger partial charge in [0.15, 0.2) is 0 Å². The molecule has 0 aliphatic heterocycles. The van der Waals surface area contributed by atoms with Crippen LogP contribution in [0.1, 0.15) is 16.7 Å². The van der Waals surface area contributed by atoms with E-state index in [1.54, 1.807) is 19.1 Å². The Hall–Kier alpha value is -1.35. The summed E-state index contributed by atoms with van der Waals surface area (Å²) in [5, 5.41) is 0.726. The fourth-order valence-electron chi connectivity index (χ4n) is 1.72. The number of benzene rings is 2. The molecule has 2 rings (SSSR count). The van der Waals surface area contributed by atoms with Crippen molar-refractivity contribution in [3.63, 3.8) is 0 Å². The summed E-state index contributed by atoms with van der Waals surface area (Å²) in [6.45, 7) is 3.76. The second-order valence-electron chi connectivity index (χ2n) is 4.26. The Morgan fingerprint density at radius 2 is 1.89 bits per heavy atom. The van der Waals surface area contributed by atoms with Crippen LogP contribution in [0.15, 0.2) is 36.4 Å². The van der Waals surface area contributed by atoms with Gasteiger partial charge in [0.25, 0.3) is 0 Å². The average molecular weight is 309 g/mol. The lowest BCUT2D eigenvalue weighted by Crippen LogP contribution is -1.91. The first-order valence-electron chi connectivity index (χ1n) is 5.69. The molecule has 3 heteroatoms. The zero-order valence-corrected chi connectivity index (χ0v) is 11.9. The molecule has 0 aromatic heterocycles. The predicted octanol–water partition coefficient (Wildman–Crippen LogP) is 5.13. The normalized spacial score (nSPS) is 10.4. The van der Waals surface area contributed by atoms with E-state index in [1.807, 2.05) is 19.1 Å². The van der Waals surface area contributed by atoms with Crippen molar-refractivity contribution in [1.82, 2.24) is 0 Å². The largest absolute Gasteiger partial charge is 0.457 e. The van der Waals surface area contributed by atoms with E-state index in [4.69, 9.17) is 4.74 Å². The van der Waals surface area contributed by atoms with Crippen LogP contribution in [0.4, 0.5) is 4.39 Å². The summed E-state index contributed by atoms with van der Waals surface area (Å²) in [5.74, 6) is 1.23. The third-order valence-corrected chi connectivity index (χ3v) is 3.32. The van der Waals surface area contributed by atoms with Gasteiger partial charge in [-0.15, -0.1) is 0 Å². The van der Waals surface area contributed by atoms with E-state index in [9.17, 15) is 4.39 Å². The van der Waals surface area contributed by atoms with Crippen LogP contribution in [0.3, 0.4) is 0 Å². The number of aryl methyl sites for hydroxylation is 2. The number of hydrogen-bond acceptors (Lipinski definition) is 1. The summed E-state index contributed by atoms with van der Waals surface area (Å²) in [6.07, 6.45) is 0. The van der Waals surface area contributed by atoms with Gasteiger partial charge in [-0.3, -0.25) is 0 Å². The van der Waals surface area contributed by atoms with Crippen LogP contribution in [0.2, 0.25) is 0 Å². The summed E-state index contributed by atoms with van der Waals surface area (Å²) in [5.41, 5.74) is 2.85. The Balaban J connectivity index is 2.30. The van der Waals surface area contributed by atoms with E-state index in [1.165, 1.54) is 11.6 Å². The van der Waals surface area contributed by atoms with Crippen LogP contribution in [0, 0.1) is 19.7 Å². The highest BCUT2D eigenvalue weighted by Gasteiger charge is 2.06. The van der Waals surface area contributed by atoms with Crippen molar-refractivity contribution in [3.05, 3.63) is 58.9 Å². The predicted molar refractivity (Wildman–Crippen MR) is 75.0 cm³/mol. The van der Waals surface area contributed by atoms with Crippen molar-refractivity contribution in [1.29, 1.82) is 0 Å². The minimum Gasteiger partial charge on any atom is -0.457 e. The molecule has 1 nitrogen and oxygen atoms in total. The van der Waals surface area contributed by atoms with Crippen molar-refractivity contribution in [2.24, 2.45) is 0 Å². The zero-order valence-electron chi connectivity index (χ0n) is 10.3. The van der Waals surface area contributed by atoms with Crippen LogP contribution in [-0.4, -0.2) is 0 Å². The number of ether oxygens (including phenoxy) is 1. The van der Waals surface area contributed by atoms with Crippen molar-refractivity contribution in [2.75, 3.05) is 0 Å². The molecule has 0 aliphatic carbocycles. The lowest BCUT2D eigenvalue weighted by molar-refractivity contribution is 0.475. The average Bonchev–Trinajstić information content (AvgIpc) is 2.36. The van der Waals surface area contributed by atoms with Crippen LogP contribution < -0.4 is 4.74 Å². The number of rotatable bonds is 3. The maximum atomic E-state index is 13.2. The standard InChI is InChI=1S/C15H14BrFO/c1-10-3-6-15(12(7-10)9-16)18-13-4-5-14(17)11(2)8-13/h3-8H,9H2,1-2H3. The van der Waals surface area contributed by atoms with Gasteiger partial charge in [-0.25, -0.2) is 4.39 Å². The third kappa shape index (κ3) is 2.91. The maximum Gasteiger partial charge on any atom is 0.131 e. The van der Waals surface area contributed by atoms with Gasteiger partial charge in [-0.2, -0.15) is 0 Å². The molecule has 0 saturated heterocycles. The molecule has 0 spiro atoms. The third-order valence-electron chi connectivity index (χ3n) is 2.72. The summed E-state index contributed by atoms with van der Waals surface area (Å²) in [6, 6.07) is 10.8. The van der Waals surface area contributed by atoms with Gasteiger partial charge in [0.05, 0.1) is 0 Å². The fourth-order valence-corrected chi connectivity index (χ4v) is 2.16. The van der Waals surface area contributed by atoms with Crippen molar-refractivity contribution < 1.29 is 9.13 Å². The zero-order chi connectivity index (χ0) is 13.1. The van der Waals surface area contributed by atoms with Gasteiger partial charge in [-0.05, 0) is 43.7 Å². The first kappa shape index (κ1) is 13.1. The van der Waals surface area contributed by atoms with Crippen molar-refractivity contribution in [2.45, 2.75) is 19.2 Å². The number of hydrogen-bond donors (Lipinski definition) is 0. The highest BCUT2D eigenvalue weighted by atomic mass is 79.9. The fraction of sp³-hybridized carbons (Fsp3) is 0.200. The summed E-state index contributed by atoms with van der Waals surface area (Å²) in [4.78, 5) is 0.